The van der Waals surface area contributed by atoms with Crippen molar-refractivity contribution in [2.75, 3.05) is 30.5 Å². The summed E-state index contributed by atoms with van der Waals surface area (Å²) in [5.41, 5.74) is 2.58. The van der Waals surface area contributed by atoms with E-state index in [0.29, 0.717) is 24.6 Å². The van der Waals surface area contributed by atoms with Gasteiger partial charge >= 0.3 is 0 Å². The van der Waals surface area contributed by atoms with Gasteiger partial charge in [-0.1, -0.05) is 46.6 Å². The number of rotatable bonds is 11. The molecule has 0 bridgehead atoms. The second-order valence-corrected chi connectivity index (χ2v) is 12.1. The summed E-state index contributed by atoms with van der Waals surface area (Å²) in [5, 5.41) is 2.90. The fraction of sp³-hybridized carbons (Fsp3) is 0.345. The second-order valence-electron chi connectivity index (χ2n) is 9.33. The van der Waals surface area contributed by atoms with Gasteiger partial charge in [0.25, 0.3) is 10.0 Å². The van der Waals surface area contributed by atoms with Gasteiger partial charge in [0.05, 0.1) is 17.2 Å². The van der Waals surface area contributed by atoms with E-state index in [1.165, 1.54) is 37.0 Å². The number of sulfonamides is 1. The highest BCUT2D eigenvalue weighted by atomic mass is 79.9. The summed E-state index contributed by atoms with van der Waals surface area (Å²) in [6.45, 7) is 5.50. The van der Waals surface area contributed by atoms with Crippen LogP contribution in [0, 0.1) is 0 Å². The first-order valence-corrected chi connectivity index (χ1v) is 15.2. The molecule has 1 aliphatic heterocycles. The summed E-state index contributed by atoms with van der Waals surface area (Å²) in [6.07, 6.45) is 3.78. The van der Waals surface area contributed by atoms with Gasteiger partial charge in [0.2, 0.25) is 5.91 Å². The van der Waals surface area contributed by atoms with Crippen LogP contribution in [0.5, 0.6) is 5.75 Å². The van der Waals surface area contributed by atoms with Crippen molar-refractivity contribution in [3.8, 4) is 5.75 Å². The minimum Gasteiger partial charge on any atom is -0.494 e. The van der Waals surface area contributed by atoms with Gasteiger partial charge in [0.15, 0.2) is 0 Å². The van der Waals surface area contributed by atoms with Crippen molar-refractivity contribution >= 4 is 37.5 Å². The molecule has 1 amide bonds. The maximum atomic E-state index is 13.6. The van der Waals surface area contributed by atoms with Crippen molar-refractivity contribution in [3.05, 3.63) is 88.4 Å². The van der Waals surface area contributed by atoms with Crippen molar-refractivity contribution in [3.63, 3.8) is 0 Å². The predicted molar refractivity (Wildman–Crippen MR) is 154 cm³/mol. The van der Waals surface area contributed by atoms with E-state index in [1.807, 2.05) is 19.1 Å². The maximum absolute atomic E-state index is 13.6. The van der Waals surface area contributed by atoms with E-state index >= 15 is 0 Å². The third-order valence-electron chi connectivity index (χ3n) is 6.46. The number of carbonyl (C=O) groups excluding carboxylic acids is 1. The topological polar surface area (TPSA) is 79.0 Å². The molecule has 0 aromatic heterocycles. The summed E-state index contributed by atoms with van der Waals surface area (Å²) in [4.78, 5) is 15.6. The van der Waals surface area contributed by atoms with Crippen molar-refractivity contribution in [1.82, 2.24) is 10.2 Å². The van der Waals surface area contributed by atoms with E-state index in [4.69, 9.17) is 4.74 Å². The molecule has 0 unspecified atom stereocenters. The van der Waals surface area contributed by atoms with Gasteiger partial charge in [-0.2, -0.15) is 0 Å². The van der Waals surface area contributed by atoms with Crippen LogP contribution in [0.4, 0.5) is 5.69 Å². The quantitative estimate of drug-likeness (QED) is 0.321. The number of piperidine rings is 1. The number of likely N-dealkylation sites (tertiary alicyclic amines) is 1. The molecule has 0 atom stereocenters. The Bertz CT molecular complexity index is 1310. The number of nitrogens with one attached hydrogen (secondary N) is 1. The molecule has 1 fully saturated rings. The number of amides is 1. The molecule has 7 nitrogen and oxygen atoms in total. The van der Waals surface area contributed by atoms with Crippen LogP contribution in [-0.2, 0) is 27.9 Å². The average Bonchev–Trinajstić information content (AvgIpc) is 2.92. The Balaban J connectivity index is 1.47. The van der Waals surface area contributed by atoms with Crippen molar-refractivity contribution in [1.29, 1.82) is 0 Å². The number of carbonyl (C=O) groups is 1. The Morgan fingerprint density at radius 2 is 1.66 bits per heavy atom. The fourth-order valence-electron chi connectivity index (χ4n) is 4.52. The van der Waals surface area contributed by atoms with E-state index in [9.17, 15) is 13.2 Å². The molecular weight excluding hydrogens is 566 g/mol. The van der Waals surface area contributed by atoms with E-state index < -0.39 is 10.0 Å². The molecule has 0 radical (unpaired) electrons. The molecule has 38 heavy (non-hydrogen) atoms. The summed E-state index contributed by atoms with van der Waals surface area (Å²) in [5.74, 6) is 0.243. The molecule has 3 aromatic carbocycles. The number of hydrogen-bond donors (Lipinski definition) is 1. The number of hydrogen-bond acceptors (Lipinski definition) is 5. The summed E-state index contributed by atoms with van der Waals surface area (Å²) >= 11 is 3.34. The number of ether oxygens (including phenoxy) is 1. The zero-order valence-corrected chi connectivity index (χ0v) is 24.0. The van der Waals surface area contributed by atoms with Gasteiger partial charge in [-0.05, 0) is 92.5 Å². The van der Waals surface area contributed by atoms with Crippen LogP contribution < -0.4 is 14.4 Å². The van der Waals surface area contributed by atoms with Crippen LogP contribution in [0.3, 0.4) is 0 Å². The molecule has 1 saturated heterocycles. The van der Waals surface area contributed by atoms with Crippen LogP contribution in [-0.4, -0.2) is 45.5 Å². The lowest BCUT2D eigenvalue weighted by Crippen LogP contribution is -2.40. The molecule has 9 heteroatoms. The highest BCUT2D eigenvalue weighted by Crippen LogP contribution is 2.26. The van der Waals surface area contributed by atoms with Gasteiger partial charge in [-0.15, -0.1) is 0 Å². The van der Waals surface area contributed by atoms with Gasteiger partial charge < -0.3 is 10.1 Å². The smallest absolute Gasteiger partial charge is 0.264 e. The van der Waals surface area contributed by atoms with Gasteiger partial charge in [-0.25, -0.2) is 8.42 Å². The largest absolute Gasteiger partial charge is 0.494 e. The zero-order valence-electron chi connectivity index (χ0n) is 21.6. The Kier molecular flexibility index (Phi) is 9.82. The lowest BCUT2D eigenvalue weighted by molar-refractivity contribution is -0.119. The minimum absolute atomic E-state index is 0.104. The summed E-state index contributed by atoms with van der Waals surface area (Å²) in [6, 6.07) is 21.3. The molecule has 3 aromatic rings. The highest BCUT2D eigenvalue weighted by molar-refractivity contribution is 9.10. The Hall–Kier alpha value is -2.88. The van der Waals surface area contributed by atoms with Gasteiger partial charge in [0.1, 0.15) is 12.3 Å². The normalized spacial score (nSPS) is 14.2. The van der Waals surface area contributed by atoms with Crippen LogP contribution in [0.1, 0.15) is 37.3 Å². The van der Waals surface area contributed by atoms with E-state index in [-0.39, 0.29) is 17.3 Å². The first-order chi connectivity index (χ1) is 18.3. The predicted octanol–water partition coefficient (Wildman–Crippen LogP) is 5.35. The van der Waals surface area contributed by atoms with Crippen LogP contribution >= 0.6 is 15.9 Å². The summed E-state index contributed by atoms with van der Waals surface area (Å²) < 4.78 is 34.6. The molecule has 1 heterocycles. The SMILES string of the molecule is CCOc1ccc(N(CC(=O)NCc2cccc(CN3CCCCC3)c2)S(=O)(=O)c2ccc(Br)cc2)cc1. The lowest BCUT2D eigenvalue weighted by Gasteiger charge is -2.26. The standard InChI is InChI=1S/C29H34BrN3O4S/c1-2-37-27-13-11-26(12-14-27)33(38(35,36)28-15-9-25(30)10-16-28)22-29(34)31-20-23-7-6-8-24(19-23)21-32-17-4-3-5-18-32/h6-16,19H,2-5,17-18,20-22H2,1H3,(H,31,34). The second kappa shape index (κ2) is 13.3. The fourth-order valence-corrected chi connectivity index (χ4v) is 6.21. The molecule has 1 aliphatic rings. The molecule has 202 valence electrons. The monoisotopic (exact) mass is 599 g/mol. The zero-order chi connectivity index (χ0) is 27.0. The van der Waals surface area contributed by atoms with Gasteiger partial charge in [-0.3, -0.25) is 14.0 Å². The van der Waals surface area contributed by atoms with Gasteiger partial charge in [0, 0.05) is 17.6 Å². The molecule has 0 aliphatic carbocycles. The van der Waals surface area contributed by atoms with E-state index in [1.54, 1.807) is 36.4 Å². The van der Waals surface area contributed by atoms with E-state index in [2.05, 4.69) is 38.3 Å². The minimum atomic E-state index is -3.99. The third kappa shape index (κ3) is 7.58. The number of halogens is 1. The Morgan fingerprint density at radius 3 is 2.34 bits per heavy atom. The van der Waals surface area contributed by atoms with Crippen LogP contribution in [0.2, 0.25) is 0 Å². The molecule has 0 saturated carbocycles. The Labute approximate surface area is 234 Å². The lowest BCUT2D eigenvalue weighted by atomic mass is 10.1. The molecule has 4 rings (SSSR count). The van der Waals surface area contributed by atoms with Crippen LogP contribution in [0.15, 0.2) is 82.2 Å². The Morgan fingerprint density at radius 1 is 0.974 bits per heavy atom. The van der Waals surface area contributed by atoms with Crippen molar-refractivity contribution in [2.24, 2.45) is 0 Å². The first kappa shape index (κ1) is 28.1. The average molecular weight is 601 g/mol. The van der Waals surface area contributed by atoms with Crippen molar-refractivity contribution < 1.29 is 17.9 Å². The number of nitrogens with zero attached hydrogens (tertiary/aromatic N) is 2. The molecule has 1 N–H and O–H groups in total. The van der Waals surface area contributed by atoms with E-state index in [0.717, 1.165) is 34.0 Å². The van der Waals surface area contributed by atoms with Crippen LogP contribution in [0.25, 0.3) is 0 Å². The first-order valence-electron chi connectivity index (χ1n) is 12.9. The number of anilines is 1. The molecular formula is C29H34BrN3O4S. The number of benzene rings is 3. The third-order valence-corrected chi connectivity index (χ3v) is 8.78. The molecule has 0 spiro atoms. The highest BCUT2D eigenvalue weighted by Gasteiger charge is 2.27. The maximum Gasteiger partial charge on any atom is 0.264 e. The van der Waals surface area contributed by atoms with Crippen molar-refractivity contribution in [2.45, 2.75) is 44.2 Å². The summed E-state index contributed by atoms with van der Waals surface area (Å²) in [7, 11) is -3.99.